The Kier molecular flexibility index (Phi) is 3.03. The molecule has 0 amide bonds. The van der Waals surface area contributed by atoms with E-state index in [9.17, 15) is 14.3 Å². The molecule has 0 bridgehead atoms. The summed E-state index contributed by atoms with van der Waals surface area (Å²) in [4.78, 5) is 10.9. The second kappa shape index (κ2) is 4.06. The van der Waals surface area contributed by atoms with E-state index >= 15 is 0 Å². The third-order valence-electron chi connectivity index (χ3n) is 1.71. The largest absolute Gasteiger partial charge is 0.505 e. The lowest BCUT2D eigenvalue weighted by molar-refractivity contribution is -0.150. The van der Waals surface area contributed by atoms with Crippen molar-refractivity contribution >= 4 is 5.97 Å². The highest BCUT2D eigenvalue weighted by Gasteiger charge is 2.18. The predicted molar refractivity (Wildman–Crippen MR) is 45.0 cm³/mol. The van der Waals surface area contributed by atoms with Gasteiger partial charge in [0.05, 0.1) is 7.11 Å². The van der Waals surface area contributed by atoms with Crippen molar-refractivity contribution in [3.8, 4) is 5.75 Å². The van der Waals surface area contributed by atoms with Crippen LogP contribution in [0.2, 0.25) is 0 Å². The maximum absolute atomic E-state index is 12.8. The van der Waals surface area contributed by atoms with Gasteiger partial charge in [0.2, 0.25) is 0 Å². The lowest BCUT2D eigenvalue weighted by Gasteiger charge is -2.08. The molecule has 0 saturated carbocycles. The summed E-state index contributed by atoms with van der Waals surface area (Å²) < 4.78 is 17.1. The van der Waals surface area contributed by atoms with Crippen molar-refractivity contribution in [2.75, 3.05) is 7.11 Å². The molecule has 5 heteroatoms. The highest BCUT2D eigenvalue weighted by molar-refractivity contribution is 5.76. The molecule has 4 nitrogen and oxygen atoms in total. The van der Waals surface area contributed by atoms with Crippen LogP contribution in [-0.4, -0.2) is 23.3 Å². The Morgan fingerprint density at radius 1 is 1.57 bits per heavy atom. The molecule has 1 atom stereocenters. The van der Waals surface area contributed by atoms with Gasteiger partial charge in [0.15, 0.2) is 17.7 Å². The summed E-state index contributed by atoms with van der Waals surface area (Å²) >= 11 is 0. The number of esters is 1. The molecule has 0 aliphatic carbocycles. The van der Waals surface area contributed by atoms with Gasteiger partial charge in [0.25, 0.3) is 0 Å². The molecule has 1 aromatic carbocycles. The lowest BCUT2D eigenvalue weighted by atomic mass is 10.1. The van der Waals surface area contributed by atoms with Crippen LogP contribution in [0.1, 0.15) is 11.7 Å². The van der Waals surface area contributed by atoms with E-state index in [4.69, 9.17) is 5.11 Å². The first-order chi connectivity index (χ1) is 6.56. The van der Waals surface area contributed by atoms with Crippen molar-refractivity contribution in [2.24, 2.45) is 0 Å². The summed E-state index contributed by atoms with van der Waals surface area (Å²) in [6, 6.07) is 3.16. The van der Waals surface area contributed by atoms with E-state index in [1.165, 1.54) is 6.07 Å². The van der Waals surface area contributed by atoms with Gasteiger partial charge >= 0.3 is 5.97 Å². The molecule has 1 aromatic rings. The molecule has 0 aromatic heterocycles. The summed E-state index contributed by atoms with van der Waals surface area (Å²) in [7, 11) is 1.11. The molecule has 0 aliphatic heterocycles. The number of rotatable bonds is 2. The van der Waals surface area contributed by atoms with E-state index in [1.54, 1.807) is 0 Å². The minimum atomic E-state index is -1.53. The number of ether oxygens (including phenoxy) is 1. The summed E-state index contributed by atoms with van der Waals surface area (Å²) in [5.41, 5.74) is 0.0344. The Morgan fingerprint density at radius 3 is 2.71 bits per heavy atom. The maximum Gasteiger partial charge on any atom is 0.339 e. The molecule has 0 fully saturated rings. The van der Waals surface area contributed by atoms with E-state index in [2.05, 4.69) is 4.74 Å². The third kappa shape index (κ3) is 2.00. The number of carbonyl (C=O) groups is 1. The Balaban J connectivity index is 2.96. The van der Waals surface area contributed by atoms with Gasteiger partial charge in [-0.2, -0.15) is 0 Å². The van der Waals surface area contributed by atoms with Gasteiger partial charge in [-0.05, 0) is 17.7 Å². The highest BCUT2D eigenvalue weighted by atomic mass is 19.1. The molecule has 0 radical (unpaired) electrons. The standard InChI is InChI=1S/C9H9FO4/c1-14-9(13)8(12)5-2-3-7(11)6(10)4-5/h2-4,8,11-12H,1H3. The molecule has 1 unspecified atom stereocenters. The van der Waals surface area contributed by atoms with Crippen molar-refractivity contribution in [2.45, 2.75) is 6.10 Å². The average Bonchev–Trinajstić information content (AvgIpc) is 2.20. The van der Waals surface area contributed by atoms with Gasteiger partial charge in [-0.1, -0.05) is 6.07 Å². The monoisotopic (exact) mass is 200 g/mol. The van der Waals surface area contributed by atoms with E-state index in [0.29, 0.717) is 0 Å². The summed E-state index contributed by atoms with van der Waals surface area (Å²) in [5.74, 6) is -2.31. The molecule has 1 rings (SSSR count). The van der Waals surface area contributed by atoms with E-state index in [1.807, 2.05) is 0 Å². The van der Waals surface area contributed by atoms with Crippen molar-refractivity contribution < 1.29 is 24.1 Å². The van der Waals surface area contributed by atoms with Crippen LogP contribution in [0, 0.1) is 5.82 Å². The highest BCUT2D eigenvalue weighted by Crippen LogP contribution is 2.21. The van der Waals surface area contributed by atoms with Gasteiger partial charge in [-0.15, -0.1) is 0 Å². The number of hydrogen-bond acceptors (Lipinski definition) is 4. The topological polar surface area (TPSA) is 66.8 Å². The third-order valence-corrected chi connectivity index (χ3v) is 1.71. The fraction of sp³-hybridized carbons (Fsp3) is 0.222. The normalized spacial score (nSPS) is 12.2. The zero-order valence-electron chi connectivity index (χ0n) is 7.40. The quantitative estimate of drug-likeness (QED) is 0.691. The molecule has 76 valence electrons. The first-order valence-corrected chi connectivity index (χ1v) is 3.80. The van der Waals surface area contributed by atoms with Crippen LogP contribution >= 0.6 is 0 Å². The van der Waals surface area contributed by atoms with Gasteiger partial charge in [0.1, 0.15) is 0 Å². The lowest BCUT2D eigenvalue weighted by Crippen LogP contribution is -2.13. The molecule has 14 heavy (non-hydrogen) atoms. The fourth-order valence-corrected chi connectivity index (χ4v) is 0.941. The maximum atomic E-state index is 12.8. The molecule has 0 heterocycles. The van der Waals surface area contributed by atoms with Crippen LogP contribution in [0.15, 0.2) is 18.2 Å². The molecule has 0 spiro atoms. The number of phenols is 1. The number of aliphatic hydroxyl groups excluding tert-OH is 1. The summed E-state index contributed by atoms with van der Waals surface area (Å²) in [5, 5.41) is 18.1. The van der Waals surface area contributed by atoms with Gasteiger partial charge in [-0.25, -0.2) is 9.18 Å². The molecular formula is C9H9FO4. The van der Waals surface area contributed by atoms with E-state index in [0.717, 1.165) is 19.2 Å². The first kappa shape index (κ1) is 10.5. The Morgan fingerprint density at radius 2 is 2.21 bits per heavy atom. The summed E-state index contributed by atoms with van der Waals surface area (Å²) in [6.45, 7) is 0. The molecule has 2 N–H and O–H groups in total. The Labute approximate surface area is 79.6 Å². The van der Waals surface area contributed by atoms with Crippen LogP contribution in [0.3, 0.4) is 0 Å². The van der Waals surface area contributed by atoms with Crippen LogP contribution in [0.4, 0.5) is 4.39 Å². The molecular weight excluding hydrogens is 191 g/mol. The van der Waals surface area contributed by atoms with Crippen molar-refractivity contribution in [3.05, 3.63) is 29.6 Å². The number of hydrogen-bond donors (Lipinski definition) is 2. The number of carbonyl (C=O) groups excluding carboxylic acids is 1. The number of methoxy groups -OCH3 is 1. The SMILES string of the molecule is COC(=O)C(O)c1ccc(O)c(F)c1. The second-order valence-electron chi connectivity index (χ2n) is 2.64. The van der Waals surface area contributed by atoms with Crippen LogP contribution in [0.5, 0.6) is 5.75 Å². The number of aliphatic hydroxyl groups is 1. The summed E-state index contributed by atoms with van der Waals surface area (Å²) in [6.07, 6.45) is -1.53. The van der Waals surface area contributed by atoms with Crippen molar-refractivity contribution in [1.82, 2.24) is 0 Å². The molecule has 0 aliphatic rings. The van der Waals surface area contributed by atoms with Crippen LogP contribution in [0.25, 0.3) is 0 Å². The smallest absolute Gasteiger partial charge is 0.339 e. The average molecular weight is 200 g/mol. The van der Waals surface area contributed by atoms with Crippen LogP contribution in [-0.2, 0) is 9.53 Å². The number of benzene rings is 1. The predicted octanol–water partition coefficient (Wildman–Crippen LogP) is 0.738. The number of aromatic hydroxyl groups is 1. The minimum Gasteiger partial charge on any atom is -0.505 e. The number of halogens is 1. The zero-order valence-corrected chi connectivity index (χ0v) is 7.40. The minimum absolute atomic E-state index is 0.0344. The van der Waals surface area contributed by atoms with E-state index < -0.39 is 23.6 Å². The Bertz CT molecular complexity index is 351. The fourth-order valence-electron chi connectivity index (χ4n) is 0.941. The van der Waals surface area contributed by atoms with E-state index in [-0.39, 0.29) is 5.56 Å². The second-order valence-corrected chi connectivity index (χ2v) is 2.64. The van der Waals surface area contributed by atoms with Crippen molar-refractivity contribution in [1.29, 1.82) is 0 Å². The molecule has 0 saturated heterocycles. The van der Waals surface area contributed by atoms with Crippen LogP contribution < -0.4 is 0 Å². The van der Waals surface area contributed by atoms with Gasteiger partial charge in [-0.3, -0.25) is 0 Å². The zero-order chi connectivity index (χ0) is 10.7. The van der Waals surface area contributed by atoms with Gasteiger partial charge in [0, 0.05) is 0 Å². The number of phenolic OH excluding ortho intramolecular Hbond substituents is 1. The van der Waals surface area contributed by atoms with Gasteiger partial charge < -0.3 is 14.9 Å². The van der Waals surface area contributed by atoms with Crippen molar-refractivity contribution in [3.63, 3.8) is 0 Å². The Hall–Kier alpha value is -1.62. The first-order valence-electron chi connectivity index (χ1n) is 3.80.